The summed E-state index contributed by atoms with van der Waals surface area (Å²) in [5, 5.41) is 6.56. The van der Waals surface area contributed by atoms with E-state index in [0.717, 1.165) is 18.4 Å². The Morgan fingerprint density at radius 3 is 2.33 bits per heavy atom. The Kier molecular flexibility index (Phi) is 5.07. The van der Waals surface area contributed by atoms with E-state index in [1.165, 1.54) is 0 Å². The van der Waals surface area contributed by atoms with Gasteiger partial charge in [0, 0.05) is 17.3 Å². The fraction of sp³-hybridized carbons (Fsp3) is 0.222. The normalized spacial score (nSPS) is 13.4. The SMILES string of the molecule is O=C(Cc1ccc(Cl)c(Cl)c1)Nc1cccc(NC(=O)C2CC2)c1. The summed E-state index contributed by atoms with van der Waals surface area (Å²) in [5.74, 6) is 0.00578. The largest absolute Gasteiger partial charge is 0.326 e. The molecule has 4 nitrogen and oxygen atoms in total. The molecule has 0 heterocycles. The van der Waals surface area contributed by atoms with E-state index in [4.69, 9.17) is 23.2 Å². The van der Waals surface area contributed by atoms with Crippen molar-refractivity contribution in [1.29, 1.82) is 0 Å². The molecule has 0 unspecified atom stereocenters. The Morgan fingerprint density at radius 2 is 1.67 bits per heavy atom. The lowest BCUT2D eigenvalue weighted by Gasteiger charge is -2.09. The van der Waals surface area contributed by atoms with Gasteiger partial charge in [-0.25, -0.2) is 0 Å². The number of rotatable bonds is 5. The molecule has 2 N–H and O–H groups in total. The first kappa shape index (κ1) is 16.8. The molecule has 0 saturated heterocycles. The highest BCUT2D eigenvalue weighted by Crippen LogP contribution is 2.30. The standard InChI is InChI=1S/C18H16Cl2N2O2/c19-15-7-4-11(8-16(15)20)9-17(23)21-13-2-1-3-14(10-13)22-18(24)12-5-6-12/h1-4,7-8,10,12H,5-6,9H2,(H,21,23)(H,22,24). The topological polar surface area (TPSA) is 58.2 Å². The molecule has 0 aromatic heterocycles. The van der Waals surface area contributed by atoms with Crippen LogP contribution in [0.2, 0.25) is 10.0 Å². The van der Waals surface area contributed by atoms with Gasteiger partial charge in [-0.1, -0.05) is 35.3 Å². The predicted molar refractivity (Wildman–Crippen MR) is 96.6 cm³/mol. The highest BCUT2D eigenvalue weighted by Gasteiger charge is 2.29. The number of halogens is 2. The van der Waals surface area contributed by atoms with Gasteiger partial charge in [0.2, 0.25) is 11.8 Å². The minimum Gasteiger partial charge on any atom is -0.326 e. The second kappa shape index (κ2) is 7.24. The maximum absolute atomic E-state index is 12.2. The summed E-state index contributed by atoms with van der Waals surface area (Å²) >= 11 is 11.8. The van der Waals surface area contributed by atoms with Gasteiger partial charge in [-0.05, 0) is 48.7 Å². The fourth-order valence-corrected chi connectivity index (χ4v) is 2.63. The molecule has 6 heteroatoms. The third-order valence-corrected chi connectivity index (χ3v) is 4.45. The first-order chi connectivity index (χ1) is 11.5. The first-order valence-corrected chi connectivity index (χ1v) is 8.41. The molecular weight excluding hydrogens is 347 g/mol. The van der Waals surface area contributed by atoms with Crippen LogP contribution in [0, 0.1) is 5.92 Å². The van der Waals surface area contributed by atoms with Crippen LogP contribution in [0.25, 0.3) is 0 Å². The Bertz CT molecular complexity index is 788. The molecule has 1 aliphatic carbocycles. The minimum absolute atomic E-state index is 0.0364. The number of hydrogen-bond donors (Lipinski definition) is 2. The molecule has 2 aromatic carbocycles. The zero-order chi connectivity index (χ0) is 17.1. The lowest BCUT2D eigenvalue weighted by Crippen LogP contribution is -2.16. The quantitative estimate of drug-likeness (QED) is 0.820. The molecule has 0 spiro atoms. The number of nitrogens with one attached hydrogen (secondary N) is 2. The van der Waals surface area contributed by atoms with E-state index in [2.05, 4.69) is 10.6 Å². The molecule has 1 aliphatic rings. The van der Waals surface area contributed by atoms with Crippen LogP contribution >= 0.6 is 23.2 Å². The summed E-state index contributed by atoms with van der Waals surface area (Å²) < 4.78 is 0. The van der Waals surface area contributed by atoms with Crippen molar-refractivity contribution in [3.05, 3.63) is 58.1 Å². The van der Waals surface area contributed by atoms with Crippen LogP contribution in [0.4, 0.5) is 11.4 Å². The number of carbonyl (C=O) groups is 2. The second-order valence-corrected chi connectivity index (χ2v) is 6.63. The van der Waals surface area contributed by atoms with Crippen molar-refractivity contribution in [2.45, 2.75) is 19.3 Å². The lowest BCUT2D eigenvalue weighted by molar-refractivity contribution is -0.117. The van der Waals surface area contributed by atoms with Gasteiger partial charge >= 0.3 is 0 Å². The average Bonchev–Trinajstić information content (AvgIpc) is 3.36. The monoisotopic (exact) mass is 362 g/mol. The van der Waals surface area contributed by atoms with Crippen molar-refractivity contribution < 1.29 is 9.59 Å². The van der Waals surface area contributed by atoms with Gasteiger partial charge in [-0.15, -0.1) is 0 Å². The van der Waals surface area contributed by atoms with Crippen molar-refractivity contribution in [3.8, 4) is 0 Å². The van der Waals surface area contributed by atoms with Crippen molar-refractivity contribution in [3.63, 3.8) is 0 Å². The molecular formula is C18H16Cl2N2O2. The van der Waals surface area contributed by atoms with Gasteiger partial charge in [-0.3, -0.25) is 9.59 Å². The number of anilines is 2. The Hall–Kier alpha value is -2.04. The number of carbonyl (C=O) groups excluding carboxylic acids is 2. The van der Waals surface area contributed by atoms with E-state index < -0.39 is 0 Å². The Labute approximate surface area is 150 Å². The first-order valence-electron chi connectivity index (χ1n) is 7.66. The van der Waals surface area contributed by atoms with Crippen LogP contribution in [0.15, 0.2) is 42.5 Å². The summed E-state index contributed by atoms with van der Waals surface area (Å²) in [4.78, 5) is 23.9. The summed E-state index contributed by atoms with van der Waals surface area (Å²) in [6.45, 7) is 0. The van der Waals surface area contributed by atoms with Gasteiger partial charge in [0.05, 0.1) is 16.5 Å². The number of benzene rings is 2. The Morgan fingerprint density at radius 1 is 0.958 bits per heavy atom. The minimum atomic E-state index is -0.168. The van der Waals surface area contributed by atoms with Crippen LogP contribution in [0.3, 0.4) is 0 Å². The van der Waals surface area contributed by atoms with Crippen LogP contribution in [0.1, 0.15) is 18.4 Å². The maximum Gasteiger partial charge on any atom is 0.228 e. The lowest BCUT2D eigenvalue weighted by atomic mass is 10.1. The van der Waals surface area contributed by atoms with Gasteiger partial charge in [0.1, 0.15) is 0 Å². The molecule has 0 bridgehead atoms. The maximum atomic E-state index is 12.2. The third kappa shape index (κ3) is 4.49. The number of amides is 2. The highest BCUT2D eigenvalue weighted by atomic mass is 35.5. The van der Waals surface area contributed by atoms with E-state index in [-0.39, 0.29) is 24.2 Å². The van der Waals surface area contributed by atoms with Crippen molar-refractivity contribution in [1.82, 2.24) is 0 Å². The van der Waals surface area contributed by atoms with E-state index >= 15 is 0 Å². The highest BCUT2D eigenvalue weighted by molar-refractivity contribution is 6.42. The molecule has 2 aromatic rings. The van der Waals surface area contributed by atoms with Crippen LogP contribution in [-0.2, 0) is 16.0 Å². The second-order valence-electron chi connectivity index (χ2n) is 5.82. The summed E-state index contributed by atoms with van der Waals surface area (Å²) in [7, 11) is 0. The molecule has 1 fully saturated rings. The molecule has 0 radical (unpaired) electrons. The molecule has 24 heavy (non-hydrogen) atoms. The van der Waals surface area contributed by atoms with Crippen molar-refractivity contribution in [2.75, 3.05) is 10.6 Å². The predicted octanol–water partition coefficient (Wildman–Crippen LogP) is 4.52. The third-order valence-electron chi connectivity index (χ3n) is 3.71. The van der Waals surface area contributed by atoms with Crippen LogP contribution in [-0.4, -0.2) is 11.8 Å². The van der Waals surface area contributed by atoms with Crippen LogP contribution in [0.5, 0.6) is 0 Å². The Balaban J connectivity index is 1.61. The summed E-state index contributed by atoms with van der Waals surface area (Å²) in [5.41, 5.74) is 2.09. The molecule has 0 atom stereocenters. The van der Waals surface area contributed by atoms with Gasteiger partial charge in [-0.2, -0.15) is 0 Å². The van der Waals surface area contributed by atoms with Crippen molar-refractivity contribution >= 4 is 46.4 Å². The molecule has 3 rings (SSSR count). The summed E-state index contributed by atoms with van der Waals surface area (Å²) in [6.07, 6.45) is 2.09. The van der Waals surface area contributed by atoms with E-state index in [1.54, 1.807) is 42.5 Å². The van der Waals surface area contributed by atoms with Gasteiger partial charge < -0.3 is 10.6 Å². The number of hydrogen-bond acceptors (Lipinski definition) is 2. The average molecular weight is 363 g/mol. The smallest absolute Gasteiger partial charge is 0.228 e. The molecule has 2 amide bonds. The zero-order valence-corrected chi connectivity index (χ0v) is 14.3. The van der Waals surface area contributed by atoms with Crippen molar-refractivity contribution in [2.24, 2.45) is 5.92 Å². The van der Waals surface area contributed by atoms with E-state index in [0.29, 0.717) is 21.4 Å². The molecule has 124 valence electrons. The van der Waals surface area contributed by atoms with Gasteiger partial charge in [0.25, 0.3) is 0 Å². The zero-order valence-electron chi connectivity index (χ0n) is 12.8. The fourth-order valence-electron chi connectivity index (χ4n) is 2.30. The van der Waals surface area contributed by atoms with E-state index in [9.17, 15) is 9.59 Å². The molecule has 1 saturated carbocycles. The van der Waals surface area contributed by atoms with Gasteiger partial charge in [0.15, 0.2) is 0 Å². The summed E-state index contributed by atoms with van der Waals surface area (Å²) in [6, 6.07) is 12.2. The van der Waals surface area contributed by atoms with Crippen LogP contribution < -0.4 is 10.6 Å². The molecule has 0 aliphatic heterocycles. The van der Waals surface area contributed by atoms with E-state index in [1.807, 2.05) is 0 Å².